The van der Waals surface area contributed by atoms with Crippen molar-refractivity contribution in [1.82, 2.24) is 0 Å². The molecule has 7 aromatic carbocycles. The van der Waals surface area contributed by atoms with Crippen molar-refractivity contribution in [3.8, 4) is 0 Å². The zero-order valence-electron chi connectivity index (χ0n) is 31.2. The number of fused-ring (bicyclic) bond motifs is 7. The van der Waals surface area contributed by atoms with Crippen molar-refractivity contribution in [2.45, 2.75) is 0 Å². The lowest BCUT2D eigenvalue weighted by Gasteiger charge is -2.23. The summed E-state index contributed by atoms with van der Waals surface area (Å²) in [5, 5.41) is 9.32. The molecule has 268 valence electrons. The summed E-state index contributed by atoms with van der Waals surface area (Å²) >= 11 is 0. The Kier molecular flexibility index (Phi) is 10.1. The van der Waals surface area contributed by atoms with E-state index in [0.717, 1.165) is 66.5 Å². The average molecular weight is 720 g/mol. The van der Waals surface area contributed by atoms with E-state index in [1.807, 2.05) is 24.3 Å². The van der Waals surface area contributed by atoms with E-state index >= 15 is 0 Å². The van der Waals surface area contributed by atoms with Gasteiger partial charge < -0.3 is 9.32 Å². The van der Waals surface area contributed by atoms with Gasteiger partial charge in [-0.15, -0.1) is 0 Å². The van der Waals surface area contributed by atoms with E-state index in [1.54, 1.807) is 12.2 Å². The van der Waals surface area contributed by atoms with E-state index in [4.69, 9.17) is 4.42 Å². The predicted molar refractivity (Wildman–Crippen MR) is 245 cm³/mol. The molecule has 0 saturated carbocycles. The molecule has 0 unspecified atom stereocenters. The fraction of sp³-hybridized carbons (Fsp3) is 0. The molecule has 8 rings (SSSR count). The first-order valence-corrected chi connectivity index (χ1v) is 18.7. The summed E-state index contributed by atoms with van der Waals surface area (Å²) in [5.41, 5.74) is 8.69. The van der Waals surface area contributed by atoms with Crippen molar-refractivity contribution in [3.05, 3.63) is 243 Å². The summed E-state index contributed by atoms with van der Waals surface area (Å²) in [5.74, 6) is 0. The maximum absolute atomic E-state index is 6.64. The number of para-hydroxylation sites is 1. The molecule has 56 heavy (non-hydrogen) atoms. The van der Waals surface area contributed by atoms with Crippen molar-refractivity contribution in [3.63, 3.8) is 0 Å². The number of hydrogen-bond donors (Lipinski definition) is 0. The van der Waals surface area contributed by atoms with Gasteiger partial charge in [0.2, 0.25) is 0 Å². The van der Waals surface area contributed by atoms with E-state index in [0.29, 0.717) is 0 Å². The van der Waals surface area contributed by atoms with Crippen LogP contribution in [0, 0.1) is 0 Å². The summed E-state index contributed by atoms with van der Waals surface area (Å²) in [6.07, 6.45) is 21.9. The smallest absolute Gasteiger partial charge is 0.142 e. The van der Waals surface area contributed by atoms with Gasteiger partial charge in [0, 0.05) is 33.9 Å². The Morgan fingerprint density at radius 1 is 0.536 bits per heavy atom. The topological polar surface area (TPSA) is 16.4 Å². The normalized spacial score (nSPS) is 12.8. The molecule has 1 aromatic heterocycles. The number of furan rings is 1. The minimum Gasteiger partial charge on any atom is -0.455 e. The van der Waals surface area contributed by atoms with Crippen LogP contribution in [-0.2, 0) is 0 Å². The van der Waals surface area contributed by atoms with Crippen molar-refractivity contribution in [2.24, 2.45) is 0 Å². The number of nitrogens with zero attached hydrogens (tertiary/aromatic N) is 1. The van der Waals surface area contributed by atoms with Gasteiger partial charge in [0.25, 0.3) is 0 Å². The summed E-state index contributed by atoms with van der Waals surface area (Å²) in [6.45, 7) is 16.3. The Morgan fingerprint density at radius 3 is 2.00 bits per heavy atom. The third-order valence-corrected chi connectivity index (χ3v) is 10.2. The molecule has 0 aliphatic carbocycles. The molecule has 8 aromatic rings. The SMILES string of the molecule is C=C/C=C\C(=C\c1cccc2c1oc1cc3ccccc3cc12)N(/C=C/C=C(\C=C)c1cc2ccccc2c2ccccc12)c1cccc(/C(C=C)=C/C=C)c1. The maximum atomic E-state index is 6.64. The van der Waals surface area contributed by atoms with Crippen LogP contribution < -0.4 is 4.90 Å². The number of rotatable bonds is 12. The lowest BCUT2D eigenvalue weighted by atomic mass is 9.93. The van der Waals surface area contributed by atoms with Gasteiger partial charge in [-0.3, -0.25) is 0 Å². The van der Waals surface area contributed by atoms with Gasteiger partial charge in [-0.25, -0.2) is 0 Å². The second kappa shape index (κ2) is 15.9. The molecule has 0 fully saturated rings. The largest absolute Gasteiger partial charge is 0.455 e. The Labute approximate surface area is 328 Å². The molecule has 0 N–H and O–H groups in total. The molecule has 2 heteroatoms. The standard InChI is InChI=1S/C54H41NO/c1-5-9-26-45(34-44-24-17-31-50-52-35-41-20-10-11-21-42(41)37-53(52)56-54(44)50)55(46-27-16-23-40(33-46)38(7-3)19-6-2)32-18-25-39(8-4)51-36-43-22-12-13-28-47(43)48-29-14-15-30-49(48)51/h5-37H,1-4H2/b26-9-,32-18+,38-19+,39-25+,45-34-. The quantitative estimate of drug-likeness (QED) is 0.0923. The summed E-state index contributed by atoms with van der Waals surface area (Å²) < 4.78 is 6.64. The number of anilines is 1. The van der Waals surface area contributed by atoms with Gasteiger partial charge in [0.15, 0.2) is 0 Å². The van der Waals surface area contributed by atoms with Gasteiger partial charge in [-0.2, -0.15) is 0 Å². The molecule has 0 atom stereocenters. The lowest BCUT2D eigenvalue weighted by Crippen LogP contribution is -2.14. The third-order valence-electron chi connectivity index (χ3n) is 10.2. The molecule has 0 spiro atoms. The van der Waals surface area contributed by atoms with Crippen LogP contribution in [0.2, 0.25) is 0 Å². The van der Waals surface area contributed by atoms with E-state index < -0.39 is 0 Å². The van der Waals surface area contributed by atoms with Gasteiger partial charge in [0.1, 0.15) is 11.2 Å². The highest BCUT2D eigenvalue weighted by molar-refractivity contribution is 6.13. The second-order valence-electron chi connectivity index (χ2n) is 13.5. The summed E-state index contributed by atoms with van der Waals surface area (Å²) in [4.78, 5) is 2.18. The van der Waals surface area contributed by atoms with E-state index in [9.17, 15) is 0 Å². The average Bonchev–Trinajstić information content (AvgIpc) is 3.61. The third kappa shape index (κ3) is 6.88. The first kappa shape index (κ1) is 35.6. The molecular weight excluding hydrogens is 679 g/mol. The highest BCUT2D eigenvalue weighted by Gasteiger charge is 2.15. The fourth-order valence-corrected chi connectivity index (χ4v) is 7.50. The summed E-state index contributed by atoms with van der Waals surface area (Å²) in [6, 6.07) is 46.9. The lowest BCUT2D eigenvalue weighted by molar-refractivity contribution is 0.668. The van der Waals surface area contributed by atoms with Crippen LogP contribution >= 0.6 is 0 Å². The van der Waals surface area contributed by atoms with Gasteiger partial charge >= 0.3 is 0 Å². The minimum absolute atomic E-state index is 0.833. The highest BCUT2D eigenvalue weighted by Crippen LogP contribution is 2.36. The van der Waals surface area contributed by atoms with Crippen LogP contribution in [0.5, 0.6) is 0 Å². The Balaban J connectivity index is 1.30. The van der Waals surface area contributed by atoms with Gasteiger partial charge in [-0.05, 0) is 103 Å². The molecule has 0 radical (unpaired) electrons. The molecule has 0 aliphatic rings. The van der Waals surface area contributed by atoms with Crippen LogP contribution in [0.3, 0.4) is 0 Å². The van der Waals surface area contributed by atoms with Crippen LogP contribution in [0.15, 0.2) is 231 Å². The van der Waals surface area contributed by atoms with E-state index in [-0.39, 0.29) is 0 Å². The zero-order chi connectivity index (χ0) is 38.4. The fourth-order valence-electron chi connectivity index (χ4n) is 7.50. The maximum Gasteiger partial charge on any atom is 0.142 e. The predicted octanol–water partition coefficient (Wildman–Crippen LogP) is 15.2. The highest BCUT2D eigenvalue weighted by atomic mass is 16.3. The van der Waals surface area contributed by atoms with Crippen LogP contribution in [0.1, 0.15) is 16.7 Å². The molecular formula is C54H41NO. The van der Waals surface area contributed by atoms with E-state index in [2.05, 4.69) is 195 Å². The Morgan fingerprint density at radius 2 is 1.23 bits per heavy atom. The number of benzene rings is 7. The van der Waals surface area contributed by atoms with Crippen LogP contribution in [-0.4, -0.2) is 0 Å². The van der Waals surface area contributed by atoms with Gasteiger partial charge in [0.05, 0.1) is 0 Å². The number of hydrogen-bond acceptors (Lipinski definition) is 2. The first-order chi connectivity index (χ1) is 27.6. The van der Waals surface area contributed by atoms with Crippen molar-refractivity contribution < 1.29 is 4.42 Å². The van der Waals surface area contributed by atoms with Crippen LogP contribution in [0.4, 0.5) is 5.69 Å². The molecule has 0 bridgehead atoms. The monoisotopic (exact) mass is 719 g/mol. The van der Waals surface area contributed by atoms with E-state index in [1.165, 1.54) is 26.9 Å². The Bertz CT molecular complexity index is 2990. The van der Waals surface area contributed by atoms with Crippen molar-refractivity contribution in [2.75, 3.05) is 4.90 Å². The van der Waals surface area contributed by atoms with Gasteiger partial charge in [-0.1, -0.05) is 172 Å². The first-order valence-electron chi connectivity index (χ1n) is 18.7. The molecule has 1 heterocycles. The zero-order valence-corrected chi connectivity index (χ0v) is 31.2. The molecule has 2 nitrogen and oxygen atoms in total. The molecule has 0 amide bonds. The van der Waals surface area contributed by atoms with Crippen molar-refractivity contribution >= 4 is 77.2 Å². The van der Waals surface area contributed by atoms with Crippen molar-refractivity contribution in [1.29, 1.82) is 0 Å². The minimum atomic E-state index is 0.833. The second-order valence-corrected chi connectivity index (χ2v) is 13.5. The Hall–Kier alpha value is -7.42. The molecule has 0 aliphatic heterocycles. The number of allylic oxidation sites excluding steroid dienone is 11. The van der Waals surface area contributed by atoms with Crippen LogP contribution in [0.25, 0.3) is 71.5 Å². The molecule has 0 saturated heterocycles. The summed E-state index contributed by atoms with van der Waals surface area (Å²) in [7, 11) is 0.